The van der Waals surface area contributed by atoms with E-state index < -0.39 is 4.92 Å². The Bertz CT molecular complexity index is 859. The van der Waals surface area contributed by atoms with Crippen LogP contribution in [0.1, 0.15) is 5.56 Å². The highest BCUT2D eigenvalue weighted by Gasteiger charge is 2.12. The van der Waals surface area contributed by atoms with Crippen molar-refractivity contribution in [1.82, 2.24) is 19.5 Å². The number of rotatable bonds is 5. The third-order valence-corrected chi connectivity index (χ3v) is 3.32. The zero-order valence-corrected chi connectivity index (χ0v) is 12.3. The van der Waals surface area contributed by atoms with Crippen molar-refractivity contribution in [1.29, 1.82) is 0 Å². The smallest absolute Gasteiger partial charge is 0.269 e. The maximum atomic E-state index is 10.6. The minimum Gasteiger partial charge on any atom is -0.476 e. The number of nitrogens with zero attached hydrogens (tertiary/aromatic N) is 5. The summed E-state index contributed by atoms with van der Waals surface area (Å²) in [4.78, 5) is 22.6. The largest absolute Gasteiger partial charge is 0.476 e. The van der Waals surface area contributed by atoms with Crippen molar-refractivity contribution in [2.24, 2.45) is 7.05 Å². The van der Waals surface area contributed by atoms with Gasteiger partial charge in [0, 0.05) is 25.6 Å². The molecule has 0 spiro atoms. The Balaban J connectivity index is 1.70. The topological polar surface area (TPSA) is 122 Å². The van der Waals surface area contributed by atoms with E-state index in [0.29, 0.717) is 30.1 Å². The van der Waals surface area contributed by atoms with Crippen molar-refractivity contribution in [3.8, 4) is 5.88 Å². The Morgan fingerprint density at radius 3 is 2.74 bits per heavy atom. The molecule has 9 heteroatoms. The van der Waals surface area contributed by atoms with Crippen LogP contribution in [0.5, 0.6) is 5.88 Å². The molecule has 9 nitrogen and oxygen atoms in total. The Kier molecular flexibility index (Phi) is 3.75. The summed E-state index contributed by atoms with van der Waals surface area (Å²) in [5.41, 5.74) is 7.81. The van der Waals surface area contributed by atoms with Gasteiger partial charge >= 0.3 is 0 Å². The van der Waals surface area contributed by atoms with E-state index in [4.69, 9.17) is 10.5 Å². The lowest BCUT2D eigenvalue weighted by Gasteiger charge is -2.06. The van der Waals surface area contributed by atoms with Gasteiger partial charge in [0.2, 0.25) is 11.8 Å². The predicted octanol–water partition coefficient (Wildman–Crippen LogP) is 1.48. The first-order valence-corrected chi connectivity index (χ1v) is 6.85. The lowest BCUT2D eigenvalue weighted by atomic mass is 10.1. The number of ether oxygens (including phenoxy) is 1. The maximum absolute atomic E-state index is 10.6. The summed E-state index contributed by atoms with van der Waals surface area (Å²) in [7, 11) is 1.81. The highest BCUT2D eigenvalue weighted by atomic mass is 16.6. The van der Waals surface area contributed by atoms with E-state index in [1.165, 1.54) is 12.1 Å². The Labute approximate surface area is 130 Å². The minimum atomic E-state index is -0.429. The summed E-state index contributed by atoms with van der Waals surface area (Å²) in [6.07, 6.45) is 2.19. The van der Waals surface area contributed by atoms with Gasteiger partial charge in [-0.15, -0.1) is 0 Å². The normalized spacial score (nSPS) is 10.8. The number of non-ortho nitro benzene ring substituents is 1. The number of anilines is 1. The van der Waals surface area contributed by atoms with Crippen LogP contribution in [-0.2, 0) is 13.5 Å². The Morgan fingerprint density at radius 2 is 2.04 bits per heavy atom. The van der Waals surface area contributed by atoms with E-state index >= 15 is 0 Å². The lowest BCUT2D eigenvalue weighted by Crippen LogP contribution is -2.06. The molecule has 2 N–H and O–H groups in total. The van der Waals surface area contributed by atoms with Crippen LogP contribution in [0.25, 0.3) is 11.2 Å². The average molecular weight is 314 g/mol. The van der Waals surface area contributed by atoms with Crippen LogP contribution in [-0.4, -0.2) is 31.0 Å². The lowest BCUT2D eigenvalue weighted by molar-refractivity contribution is -0.384. The number of hydrogen-bond acceptors (Lipinski definition) is 7. The number of nitro groups is 1. The summed E-state index contributed by atoms with van der Waals surface area (Å²) in [5.74, 6) is 0.446. The van der Waals surface area contributed by atoms with Gasteiger partial charge in [0.05, 0.1) is 17.9 Å². The molecule has 3 rings (SSSR count). The fourth-order valence-electron chi connectivity index (χ4n) is 2.15. The zero-order valence-electron chi connectivity index (χ0n) is 12.3. The predicted molar refractivity (Wildman–Crippen MR) is 83.0 cm³/mol. The van der Waals surface area contributed by atoms with Gasteiger partial charge in [-0.1, -0.05) is 12.1 Å². The van der Waals surface area contributed by atoms with E-state index in [9.17, 15) is 10.1 Å². The molecule has 0 amide bonds. The van der Waals surface area contributed by atoms with Gasteiger partial charge in [0.25, 0.3) is 5.69 Å². The van der Waals surface area contributed by atoms with Crippen LogP contribution >= 0.6 is 0 Å². The highest BCUT2D eigenvalue weighted by Crippen LogP contribution is 2.21. The molecule has 2 heterocycles. The number of benzene rings is 1. The van der Waals surface area contributed by atoms with Crippen LogP contribution in [0.3, 0.4) is 0 Å². The second-order valence-corrected chi connectivity index (χ2v) is 4.94. The van der Waals surface area contributed by atoms with Gasteiger partial charge in [0.15, 0.2) is 11.2 Å². The third kappa shape index (κ3) is 3.03. The number of aromatic nitrogens is 4. The number of fused-ring (bicyclic) bond motifs is 1. The van der Waals surface area contributed by atoms with Crippen molar-refractivity contribution < 1.29 is 9.66 Å². The fourth-order valence-corrected chi connectivity index (χ4v) is 2.15. The van der Waals surface area contributed by atoms with Gasteiger partial charge in [-0.3, -0.25) is 10.1 Å². The molecule has 0 aliphatic rings. The number of aryl methyl sites for hydroxylation is 1. The summed E-state index contributed by atoms with van der Waals surface area (Å²) in [6, 6.07) is 6.34. The van der Waals surface area contributed by atoms with Crippen LogP contribution in [0.2, 0.25) is 0 Å². The summed E-state index contributed by atoms with van der Waals surface area (Å²) in [6.45, 7) is 0.347. The molecule has 0 saturated carbocycles. The zero-order chi connectivity index (χ0) is 16.4. The van der Waals surface area contributed by atoms with Crippen molar-refractivity contribution in [2.75, 3.05) is 12.3 Å². The van der Waals surface area contributed by atoms with E-state index in [1.807, 2.05) is 7.05 Å². The van der Waals surface area contributed by atoms with Crippen LogP contribution < -0.4 is 10.5 Å². The molecule has 0 aliphatic carbocycles. The SMILES string of the molecule is Cn1cnc2c(OCCc3ccc([N+](=O)[O-])cc3)nc(N)nc21. The minimum absolute atomic E-state index is 0.0634. The quantitative estimate of drug-likeness (QED) is 0.559. The first-order valence-electron chi connectivity index (χ1n) is 6.85. The van der Waals surface area contributed by atoms with Crippen LogP contribution in [0.4, 0.5) is 11.6 Å². The summed E-state index contributed by atoms with van der Waals surface area (Å²) in [5, 5.41) is 10.6. The monoisotopic (exact) mass is 314 g/mol. The Morgan fingerprint density at radius 1 is 1.30 bits per heavy atom. The molecule has 1 aromatic carbocycles. The molecule has 0 unspecified atom stereocenters. The van der Waals surface area contributed by atoms with Gasteiger partial charge in [0.1, 0.15) is 0 Å². The van der Waals surface area contributed by atoms with Crippen molar-refractivity contribution in [2.45, 2.75) is 6.42 Å². The molecule has 0 saturated heterocycles. The number of imidazole rings is 1. The van der Waals surface area contributed by atoms with Gasteiger partial charge < -0.3 is 15.0 Å². The van der Waals surface area contributed by atoms with Crippen molar-refractivity contribution in [3.63, 3.8) is 0 Å². The standard InChI is InChI=1S/C14H14N6O3/c1-19-8-16-11-12(19)17-14(15)18-13(11)23-7-6-9-2-4-10(5-3-9)20(21)22/h2-5,8H,6-7H2,1H3,(H2,15,17,18). The van der Waals surface area contributed by atoms with E-state index in [-0.39, 0.29) is 11.6 Å². The molecule has 118 valence electrons. The van der Waals surface area contributed by atoms with Gasteiger partial charge in [-0.2, -0.15) is 9.97 Å². The number of hydrogen-bond donors (Lipinski definition) is 1. The van der Waals surface area contributed by atoms with Gasteiger partial charge in [-0.05, 0) is 5.56 Å². The van der Waals surface area contributed by atoms with Crippen LogP contribution in [0, 0.1) is 10.1 Å². The third-order valence-electron chi connectivity index (χ3n) is 3.32. The summed E-state index contributed by atoms with van der Waals surface area (Å²) < 4.78 is 7.39. The molecule has 0 aliphatic heterocycles. The second-order valence-electron chi connectivity index (χ2n) is 4.94. The number of nitrogens with two attached hydrogens (primary N) is 1. The van der Waals surface area contributed by atoms with E-state index in [2.05, 4.69) is 15.0 Å². The fraction of sp³-hybridized carbons (Fsp3) is 0.214. The molecule has 0 radical (unpaired) electrons. The first-order chi connectivity index (χ1) is 11.0. The van der Waals surface area contributed by atoms with Gasteiger partial charge in [-0.25, -0.2) is 4.98 Å². The second kappa shape index (κ2) is 5.87. The number of nitro benzene ring substituents is 1. The number of nitrogen functional groups attached to an aromatic ring is 1. The average Bonchev–Trinajstić information content (AvgIpc) is 2.89. The molecular formula is C14H14N6O3. The molecule has 0 atom stereocenters. The highest BCUT2D eigenvalue weighted by molar-refractivity contribution is 5.77. The van der Waals surface area contributed by atoms with E-state index in [1.54, 1.807) is 23.0 Å². The summed E-state index contributed by atoms with van der Waals surface area (Å²) >= 11 is 0. The molecule has 23 heavy (non-hydrogen) atoms. The van der Waals surface area contributed by atoms with Crippen LogP contribution in [0.15, 0.2) is 30.6 Å². The molecule has 0 fully saturated rings. The molecule has 2 aromatic heterocycles. The van der Waals surface area contributed by atoms with E-state index in [0.717, 1.165) is 5.56 Å². The molecule has 0 bridgehead atoms. The van der Waals surface area contributed by atoms with Crippen molar-refractivity contribution in [3.05, 3.63) is 46.3 Å². The first kappa shape index (κ1) is 14.7. The molecule has 3 aromatic rings. The molecular weight excluding hydrogens is 300 g/mol. The Hall–Kier alpha value is -3.23. The maximum Gasteiger partial charge on any atom is 0.269 e. The van der Waals surface area contributed by atoms with Crippen molar-refractivity contribution >= 4 is 22.8 Å².